The van der Waals surface area contributed by atoms with Crippen molar-refractivity contribution in [3.05, 3.63) is 29.8 Å². The smallest absolute Gasteiger partial charge is 0.317 e. The third-order valence-electron chi connectivity index (χ3n) is 3.16. The van der Waals surface area contributed by atoms with E-state index in [9.17, 15) is 9.90 Å². The summed E-state index contributed by atoms with van der Waals surface area (Å²) >= 11 is 0. The Morgan fingerprint density at radius 3 is 2.44 bits per heavy atom. The molecule has 1 atom stereocenters. The van der Waals surface area contributed by atoms with Crippen molar-refractivity contribution in [2.45, 2.75) is 32.7 Å². The fourth-order valence-corrected chi connectivity index (χ4v) is 1.97. The lowest BCUT2D eigenvalue weighted by Crippen LogP contribution is -2.37. The first kappa shape index (κ1) is 14.5. The van der Waals surface area contributed by atoms with Crippen molar-refractivity contribution in [2.75, 3.05) is 13.1 Å². The van der Waals surface area contributed by atoms with Gasteiger partial charge in [-0.3, -0.25) is 9.69 Å². The van der Waals surface area contributed by atoms with Crippen molar-refractivity contribution in [1.29, 1.82) is 0 Å². The molecular formula is C14H21NO3. The molecule has 1 aromatic rings. The maximum Gasteiger partial charge on any atom is 0.317 e. The van der Waals surface area contributed by atoms with Crippen LogP contribution in [0.3, 0.4) is 0 Å². The van der Waals surface area contributed by atoms with E-state index < -0.39 is 5.97 Å². The van der Waals surface area contributed by atoms with Crippen LogP contribution in [0.1, 0.15) is 25.8 Å². The largest absolute Gasteiger partial charge is 0.508 e. The van der Waals surface area contributed by atoms with Gasteiger partial charge in [0.1, 0.15) is 5.75 Å². The summed E-state index contributed by atoms with van der Waals surface area (Å²) in [5.41, 5.74) is 1.16. The number of phenols is 1. The molecule has 0 radical (unpaired) electrons. The second-order valence-electron chi connectivity index (χ2n) is 4.51. The van der Waals surface area contributed by atoms with E-state index >= 15 is 0 Å². The number of rotatable bonds is 7. The lowest BCUT2D eigenvalue weighted by molar-refractivity contribution is -0.138. The maximum absolute atomic E-state index is 10.7. The Morgan fingerprint density at radius 2 is 1.94 bits per heavy atom. The zero-order chi connectivity index (χ0) is 13.5. The molecule has 100 valence electrons. The van der Waals surface area contributed by atoms with Crippen LogP contribution >= 0.6 is 0 Å². The SMILES string of the molecule is CCN(CC(=O)O)C(C)CCc1ccc(O)cc1. The summed E-state index contributed by atoms with van der Waals surface area (Å²) in [6, 6.07) is 7.38. The third-order valence-corrected chi connectivity index (χ3v) is 3.16. The van der Waals surface area contributed by atoms with E-state index in [4.69, 9.17) is 5.11 Å². The van der Waals surface area contributed by atoms with Gasteiger partial charge in [-0.15, -0.1) is 0 Å². The molecule has 0 aromatic heterocycles. The van der Waals surface area contributed by atoms with Crippen LogP contribution in [0.5, 0.6) is 5.75 Å². The molecule has 0 amide bonds. The number of aliphatic carboxylic acids is 1. The van der Waals surface area contributed by atoms with Crippen molar-refractivity contribution in [2.24, 2.45) is 0 Å². The molecule has 0 bridgehead atoms. The molecule has 1 unspecified atom stereocenters. The number of phenolic OH excluding ortho intramolecular Hbond substituents is 1. The summed E-state index contributed by atoms with van der Waals surface area (Å²) in [7, 11) is 0. The average Bonchev–Trinajstić information content (AvgIpc) is 2.34. The van der Waals surface area contributed by atoms with Crippen LogP contribution in [0.25, 0.3) is 0 Å². The first-order chi connectivity index (χ1) is 8.52. The fraction of sp³-hybridized carbons (Fsp3) is 0.500. The Morgan fingerprint density at radius 1 is 1.33 bits per heavy atom. The third kappa shape index (κ3) is 4.75. The van der Waals surface area contributed by atoms with E-state index in [1.807, 2.05) is 30.9 Å². The number of carboxylic acid groups (broad SMARTS) is 1. The average molecular weight is 251 g/mol. The maximum atomic E-state index is 10.7. The summed E-state index contributed by atoms with van der Waals surface area (Å²) in [6.07, 6.45) is 1.80. The fourth-order valence-electron chi connectivity index (χ4n) is 1.97. The van der Waals surface area contributed by atoms with E-state index in [-0.39, 0.29) is 18.3 Å². The van der Waals surface area contributed by atoms with Crippen LogP contribution in [0.15, 0.2) is 24.3 Å². The van der Waals surface area contributed by atoms with Gasteiger partial charge in [0, 0.05) is 6.04 Å². The van der Waals surface area contributed by atoms with Crippen LogP contribution in [0, 0.1) is 0 Å². The van der Waals surface area contributed by atoms with Crippen LogP contribution in [-0.4, -0.2) is 40.2 Å². The second kappa shape index (κ2) is 7.01. The molecule has 1 rings (SSSR count). The lowest BCUT2D eigenvalue weighted by atomic mass is 10.0. The summed E-state index contributed by atoms with van der Waals surface area (Å²) in [5.74, 6) is -0.513. The molecule has 18 heavy (non-hydrogen) atoms. The zero-order valence-corrected chi connectivity index (χ0v) is 11.0. The van der Waals surface area contributed by atoms with Crippen molar-refractivity contribution in [3.63, 3.8) is 0 Å². The van der Waals surface area contributed by atoms with E-state index in [2.05, 4.69) is 0 Å². The minimum atomic E-state index is -0.784. The summed E-state index contributed by atoms with van der Waals surface area (Å²) in [6.45, 7) is 4.85. The highest BCUT2D eigenvalue weighted by Crippen LogP contribution is 2.13. The zero-order valence-electron chi connectivity index (χ0n) is 11.0. The Bertz CT molecular complexity index is 375. The molecule has 4 heteroatoms. The van der Waals surface area contributed by atoms with Gasteiger partial charge in [-0.2, -0.15) is 0 Å². The number of nitrogens with zero attached hydrogens (tertiary/aromatic N) is 1. The highest BCUT2D eigenvalue weighted by Gasteiger charge is 2.14. The van der Waals surface area contributed by atoms with Crippen molar-refractivity contribution in [3.8, 4) is 5.75 Å². The van der Waals surface area contributed by atoms with Gasteiger partial charge in [0.25, 0.3) is 0 Å². The molecule has 0 saturated carbocycles. The van der Waals surface area contributed by atoms with Gasteiger partial charge in [-0.1, -0.05) is 19.1 Å². The van der Waals surface area contributed by atoms with Gasteiger partial charge in [-0.25, -0.2) is 0 Å². The molecule has 0 saturated heterocycles. The second-order valence-corrected chi connectivity index (χ2v) is 4.51. The number of aromatic hydroxyl groups is 1. The van der Waals surface area contributed by atoms with Gasteiger partial charge in [0.15, 0.2) is 0 Å². The highest BCUT2D eigenvalue weighted by molar-refractivity contribution is 5.69. The Balaban J connectivity index is 2.46. The number of carboxylic acids is 1. The van der Waals surface area contributed by atoms with Gasteiger partial charge in [-0.05, 0) is 44.0 Å². The topological polar surface area (TPSA) is 60.8 Å². The molecule has 0 heterocycles. The molecule has 0 aliphatic carbocycles. The van der Waals surface area contributed by atoms with Gasteiger partial charge in [0.2, 0.25) is 0 Å². The number of likely N-dealkylation sites (N-methyl/N-ethyl adjacent to an activating group) is 1. The Kier molecular flexibility index (Phi) is 5.65. The molecule has 2 N–H and O–H groups in total. The normalized spacial score (nSPS) is 12.6. The van der Waals surface area contributed by atoms with Gasteiger partial charge < -0.3 is 10.2 Å². The Hall–Kier alpha value is -1.55. The monoisotopic (exact) mass is 251 g/mol. The van der Waals surface area contributed by atoms with Crippen molar-refractivity contribution >= 4 is 5.97 Å². The number of hydrogen-bond donors (Lipinski definition) is 2. The molecule has 0 spiro atoms. The van der Waals surface area contributed by atoms with Crippen molar-refractivity contribution in [1.82, 2.24) is 4.90 Å². The van der Waals surface area contributed by atoms with Crippen LogP contribution in [-0.2, 0) is 11.2 Å². The molecule has 4 nitrogen and oxygen atoms in total. The molecule has 1 aromatic carbocycles. The number of carbonyl (C=O) groups is 1. The number of benzene rings is 1. The van der Waals surface area contributed by atoms with Crippen LogP contribution in [0.4, 0.5) is 0 Å². The number of aryl methyl sites for hydroxylation is 1. The van der Waals surface area contributed by atoms with E-state index in [0.29, 0.717) is 0 Å². The van der Waals surface area contributed by atoms with Crippen LogP contribution < -0.4 is 0 Å². The van der Waals surface area contributed by atoms with E-state index in [0.717, 1.165) is 24.9 Å². The standard InChI is InChI=1S/C14H21NO3/c1-3-15(10-14(17)18)11(2)4-5-12-6-8-13(16)9-7-12/h6-9,11,16H,3-5,10H2,1-2H3,(H,17,18). The quantitative estimate of drug-likeness (QED) is 0.779. The van der Waals surface area contributed by atoms with Gasteiger partial charge in [0.05, 0.1) is 6.54 Å². The first-order valence-corrected chi connectivity index (χ1v) is 6.26. The summed E-state index contributed by atoms with van der Waals surface area (Å²) < 4.78 is 0. The molecule has 0 aliphatic heterocycles. The van der Waals surface area contributed by atoms with Crippen molar-refractivity contribution < 1.29 is 15.0 Å². The minimum absolute atomic E-state index is 0.0905. The Labute approximate surface area is 108 Å². The van der Waals surface area contributed by atoms with E-state index in [1.165, 1.54) is 0 Å². The van der Waals surface area contributed by atoms with Crippen LogP contribution in [0.2, 0.25) is 0 Å². The van der Waals surface area contributed by atoms with E-state index in [1.54, 1.807) is 12.1 Å². The number of hydrogen-bond acceptors (Lipinski definition) is 3. The first-order valence-electron chi connectivity index (χ1n) is 6.26. The molecule has 0 fully saturated rings. The summed E-state index contributed by atoms with van der Waals surface area (Å²) in [5, 5.41) is 18.0. The molecular weight excluding hydrogens is 230 g/mol. The highest BCUT2D eigenvalue weighted by atomic mass is 16.4. The minimum Gasteiger partial charge on any atom is -0.508 e. The predicted octanol–water partition coefficient (Wildman–Crippen LogP) is 2.12. The lowest BCUT2D eigenvalue weighted by Gasteiger charge is -2.26. The summed E-state index contributed by atoms with van der Waals surface area (Å²) in [4.78, 5) is 12.7. The van der Waals surface area contributed by atoms with Gasteiger partial charge >= 0.3 is 5.97 Å². The molecule has 0 aliphatic rings. The predicted molar refractivity (Wildman–Crippen MR) is 70.8 cm³/mol.